The first kappa shape index (κ1) is 21.7. The molecule has 0 aliphatic rings. The lowest BCUT2D eigenvalue weighted by Crippen LogP contribution is -2.36. The highest BCUT2D eigenvalue weighted by atomic mass is 16.5. The largest absolute Gasteiger partial charge is 0.497 e. The van der Waals surface area contributed by atoms with Crippen LogP contribution in [0.1, 0.15) is 23.1 Å². The second-order valence-electron chi connectivity index (χ2n) is 7.05. The van der Waals surface area contributed by atoms with Crippen molar-refractivity contribution >= 4 is 6.29 Å². The highest BCUT2D eigenvalue weighted by Crippen LogP contribution is 2.41. The molecule has 0 bridgehead atoms. The summed E-state index contributed by atoms with van der Waals surface area (Å²) in [6.45, 7) is -0.0687. The lowest BCUT2D eigenvalue weighted by atomic mass is 9.80. The first-order valence-corrected chi connectivity index (χ1v) is 9.81. The van der Waals surface area contributed by atoms with E-state index in [0.717, 1.165) is 22.4 Å². The third kappa shape index (κ3) is 4.76. The average molecular weight is 406 g/mol. The molecule has 0 saturated heterocycles. The quantitative estimate of drug-likeness (QED) is 0.399. The molecule has 3 aromatic rings. The van der Waals surface area contributed by atoms with E-state index in [0.29, 0.717) is 6.29 Å². The zero-order chi connectivity index (χ0) is 21.4. The van der Waals surface area contributed by atoms with E-state index in [1.165, 1.54) is 0 Å². The molecule has 0 saturated carbocycles. The van der Waals surface area contributed by atoms with Crippen LogP contribution >= 0.6 is 0 Å². The number of hydrogen-bond donors (Lipinski definition) is 2. The van der Waals surface area contributed by atoms with Crippen LogP contribution in [-0.2, 0) is 15.1 Å². The van der Waals surface area contributed by atoms with E-state index in [4.69, 9.17) is 9.47 Å². The Hall–Kier alpha value is -2.99. The first-order valence-electron chi connectivity index (χ1n) is 9.81. The fourth-order valence-electron chi connectivity index (χ4n) is 3.54. The van der Waals surface area contributed by atoms with Crippen molar-refractivity contribution in [3.8, 4) is 5.75 Å². The van der Waals surface area contributed by atoms with Crippen molar-refractivity contribution in [3.05, 3.63) is 102 Å². The van der Waals surface area contributed by atoms with Crippen molar-refractivity contribution in [1.82, 2.24) is 0 Å². The predicted molar refractivity (Wildman–Crippen MR) is 114 cm³/mol. The predicted octanol–water partition coefficient (Wildman–Crippen LogP) is 3.31. The molecule has 5 heteroatoms. The van der Waals surface area contributed by atoms with Crippen molar-refractivity contribution in [2.45, 2.75) is 24.2 Å². The van der Waals surface area contributed by atoms with Crippen molar-refractivity contribution in [2.75, 3.05) is 13.7 Å². The van der Waals surface area contributed by atoms with Gasteiger partial charge in [-0.3, -0.25) is 0 Å². The van der Waals surface area contributed by atoms with Crippen LogP contribution in [0.4, 0.5) is 0 Å². The molecule has 0 fully saturated rings. The number of carbonyl (C=O) groups excluding carboxylic acids is 1. The van der Waals surface area contributed by atoms with Crippen LogP contribution in [0.2, 0.25) is 0 Å². The summed E-state index contributed by atoms with van der Waals surface area (Å²) in [5.41, 5.74) is 1.65. The number of methoxy groups -OCH3 is 1. The van der Waals surface area contributed by atoms with Gasteiger partial charge in [-0.15, -0.1) is 0 Å². The summed E-state index contributed by atoms with van der Waals surface area (Å²) >= 11 is 0. The van der Waals surface area contributed by atoms with Gasteiger partial charge in [0.25, 0.3) is 0 Å². The van der Waals surface area contributed by atoms with E-state index in [1.54, 1.807) is 7.11 Å². The van der Waals surface area contributed by atoms with Crippen LogP contribution in [-0.4, -0.2) is 42.4 Å². The van der Waals surface area contributed by atoms with Crippen LogP contribution in [0.3, 0.4) is 0 Å². The van der Waals surface area contributed by atoms with Crippen LogP contribution < -0.4 is 4.74 Å². The van der Waals surface area contributed by atoms with Gasteiger partial charge >= 0.3 is 0 Å². The van der Waals surface area contributed by atoms with Crippen LogP contribution in [0.15, 0.2) is 84.9 Å². The Bertz CT molecular complexity index is 870. The van der Waals surface area contributed by atoms with E-state index in [2.05, 4.69) is 0 Å². The Kier molecular flexibility index (Phi) is 7.36. The van der Waals surface area contributed by atoms with E-state index >= 15 is 0 Å². The Balaban J connectivity index is 2.10. The molecule has 3 aromatic carbocycles. The minimum Gasteiger partial charge on any atom is -0.497 e. The number of hydrogen-bond acceptors (Lipinski definition) is 5. The third-order valence-electron chi connectivity index (χ3n) is 5.02. The summed E-state index contributed by atoms with van der Waals surface area (Å²) in [4.78, 5) is 10.8. The Morgan fingerprint density at radius 3 is 1.80 bits per heavy atom. The molecule has 0 heterocycles. The van der Waals surface area contributed by atoms with Gasteiger partial charge in [-0.1, -0.05) is 72.8 Å². The van der Waals surface area contributed by atoms with Crippen molar-refractivity contribution in [3.63, 3.8) is 0 Å². The number of benzene rings is 3. The van der Waals surface area contributed by atoms with Gasteiger partial charge in [0.15, 0.2) is 0 Å². The Morgan fingerprint density at radius 2 is 1.33 bits per heavy atom. The molecule has 0 aromatic heterocycles. The smallest absolute Gasteiger partial charge is 0.148 e. The van der Waals surface area contributed by atoms with Gasteiger partial charge in [0.1, 0.15) is 23.7 Å². The molecule has 0 aliphatic carbocycles. The summed E-state index contributed by atoms with van der Waals surface area (Å²) in [6, 6.07) is 27.1. The number of carbonyl (C=O) groups is 1. The first-order chi connectivity index (χ1) is 14.6. The topological polar surface area (TPSA) is 76.0 Å². The molecule has 5 nitrogen and oxygen atoms in total. The SMILES string of the molecule is COc1ccc(C(OC[C@@H](O)C[C@@H](O)C=O)(c2ccccc2)c2ccccc2)cc1. The fraction of sp³-hybridized carbons (Fsp3) is 0.240. The molecule has 2 N–H and O–H groups in total. The maximum absolute atomic E-state index is 10.8. The van der Waals surface area contributed by atoms with Gasteiger partial charge in [0.05, 0.1) is 19.8 Å². The second kappa shape index (κ2) is 10.2. The fourth-order valence-corrected chi connectivity index (χ4v) is 3.54. The van der Waals surface area contributed by atoms with Crippen molar-refractivity contribution < 1.29 is 24.5 Å². The molecule has 3 rings (SSSR count). The Labute approximate surface area is 176 Å². The molecule has 0 unspecified atom stereocenters. The number of rotatable bonds is 10. The number of aldehydes is 1. The van der Waals surface area contributed by atoms with Gasteiger partial charge in [0, 0.05) is 6.42 Å². The van der Waals surface area contributed by atoms with Gasteiger partial charge in [-0.2, -0.15) is 0 Å². The number of ether oxygens (including phenoxy) is 2. The minimum atomic E-state index is -1.23. The van der Waals surface area contributed by atoms with E-state index in [-0.39, 0.29) is 13.0 Å². The zero-order valence-corrected chi connectivity index (χ0v) is 16.8. The highest BCUT2D eigenvalue weighted by molar-refractivity contribution is 5.55. The lowest BCUT2D eigenvalue weighted by molar-refractivity contribution is -0.117. The lowest BCUT2D eigenvalue weighted by Gasteiger charge is -2.36. The van der Waals surface area contributed by atoms with E-state index < -0.39 is 17.8 Å². The van der Waals surface area contributed by atoms with Gasteiger partial charge in [-0.05, 0) is 28.8 Å². The summed E-state index contributed by atoms with van der Waals surface area (Å²) in [7, 11) is 1.61. The highest BCUT2D eigenvalue weighted by Gasteiger charge is 2.38. The molecule has 0 amide bonds. The second-order valence-corrected chi connectivity index (χ2v) is 7.05. The molecular formula is C25H26O5. The number of aliphatic hydroxyl groups is 2. The molecule has 156 valence electrons. The minimum absolute atomic E-state index is 0.0687. The summed E-state index contributed by atoms with van der Waals surface area (Å²) in [5, 5.41) is 19.9. The van der Waals surface area contributed by atoms with Crippen LogP contribution in [0.25, 0.3) is 0 Å². The molecule has 0 aliphatic heterocycles. The van der Waals surface area contributed by atoms with Crippen molar-refractivity contribution in [2.24, 2.45) is 0 Å². The molecule has 0 spiro atoms. The normalized spacial score (nSPS) is 13.4. The van der Waals surface area contributed by atoms with Gasteiger partial charge in [-0.25, -0.2) is 0 Å². The maximum atomic E-state index is 10.8. The van der Waals surface area contributed by atoms with Gasteiger partial charge in [0.2, 0.25) is 0 Å². The van der Waals surface area contributed by atoms with Crippen LogP contribution in [0, 0.1) is 0 Å². The zero-order valence-electron chi connectivity index (χ0n) is 16.8. The van der Waals surface area contributed by atoms with E-state index in [9.17, 15) is 15.0 Å². The average Bonchev–Trinajstić information content (AvgIpc) is 2.81. The maximum Gasteiger partial charge on any atom is 0.148 e. The van der Waals surface area contributed by atoms with Crippen LogP contribution in [0.5, 0.6) is 5.75 Å². The molecular weight excluding hydrogens is 380 g/mol. The summed E-state index contributed by atoms with van der Waals surface area (Å²) in [6.07, 6.45) is -1.91. The van der Waals surface area contributed by atoms with Gasteiger partial charge < -0.3 is 24.5 Å². The molecule has 30 heavy (non-hydrogen) atoms. The van der Waals surface area contributed by atoms with Crippen molar-refractivity contribution in [1.29, 1.82) is 0 Å². The standard InChI is InChI=1S/C25H26O5/c1-29-24-14-12-21(13-15-24)25(19-8-4-2-5-9-19,20-10-6-3-7-11-20)30-18-23(28)16-22(27)17-26/h2-15,17,22-23,27-28H,16,18H2,1H3/t22-,23+/m1/s1. The third-order valence-corrected chi connectivity index (χ3v) is 5.02. The Morgan fingerprint density at radius 1 is 0.833 bits per heavy atom. The molecule has 0 radical (unpaired) electrons. The number of aliphatic hydroxyl groups excluding tert-OH is 2. The molecule has 2 atom stereocenters. The summed E-state index contributed by atoms with van der Waals surface area (Å²) in [5.74, 6) is 0.725. The van der Waals surface area contributed by atoms with E-state index in [1.807, 2.05) is 84.9 Å². The monoisotopic (exact) mass is 406 g/mol. The summed E-state index contributed by atoms with van der Waals surface area (Å²) < 4.78 is 11.8.